The average Bonchev–Trinajstić information content (AvgIpc) is 2.29. The molecule has 0 aromatic heterocycles. The number of aryl methyl sites for hydroxylation is 1. The third-order valence-corrected chi connectivity index (χ3v) is 2.88. The van der Waals surface area contributed by atoms with E-state index in [9.17, 15) is 5.02 Å². The Morgan fingerprint density at radius 2 is 1.81 bits per heavy atom. The molecule has 0 amide bonds. The molecule has 0 aliphatic heterocycles. The second-order valence-electron chi connectivity index (χ2n) is 3.81. The van der Waals surface area contributed by atoms with Gasteiger partial charge in [0, 0.05) is 5.02 Å². The van der Waals surface area contributed by atoms with Gasteiger partial charge < -0.3 is 5.02 Å². The minimum Gasteiger partial charge on any atom is -0.443 e. The molecule has 2 rings (SSSR count). The maximum absolute atomic E-state index is 10.2. The van der Waals surface area contributed by atoms with Crippen LogP contribution in [0.15, 0.2) is 48.5 Å². The number of rotatable bonds is 2. The summed E-state index contributed by atoms with van der Waals surface area (Å²) in [6.07, 6.45) is 0. The summed E-state index contributed by atoms with van der Waals surface area (Å²) in [6, 6.07) is 15.1. The fourth-order valence-electron chi connectivity index (χ4n) is 1.75. The number of halogens is 1. The molecule has 1 N–H and O–H groups in total. The zero-order chi connectivity index (χ0) is 11.5. The van der Waals surface area contributed by atoms with Crippen molar-refractivity contribution in [2.45, 2.75) is 6.92 Å². The molecule has 1 nitrogen and oxygen atoms in total. The quantitative estimate of drug-likeness (QED) is 0.780. The smallest absolute Gasteiger partial charge is 0.359 e. The van der Waals surface area contributed by atoms with E-state index in [1.807, 2.05) is 43.3 Å². The maximum atomic E-state index is 10.2. The van der Waals surface area contributed by atoms with Gasteiger partial charge in [0.15, 0.2) is 0 Å². The topological polar surface area (TPSA) is 20.2 Å². The summed E-state index contributed by atoms with van der Waals surface area (Å²) in [5, 5.41) is 10.9. The van der Waals surface area contributed by atoms with E-state index >= 15 is 0 Å². The molecule has 80 valence electrons. The Morgan fingerprint density at radius 1 is 1.06 bits per heavy atom. The minimum absolute atomic E-state index is 0.611. The Bertz CT molecular complexity index is 499. The van der Waals surface area contributed by atoms with Crippen LogP contribution in [0.2, 0.25) is 5.02 Å². The maximum Gasteiger partial charge on any atom is 0.359 e. The molecular formula is C13H12BClO. The van der Waals surface area contributed by atoms with E-state index in [0.717, 1.165) is 16.5 Å². The Labute approximate surface area is 101 Å². The lowest BCUT2D eigenvalue weighted by atomic mass is 9.55. The first-order chi connectivity index (χ1) is 7.68. The predicted octanol–water partition coefficient (Wildman–Crippen LogP) is 1.75. The lowest BCUT2D eigenvalue weighted by molar-refractivity contribution is 0.600. The van der Waals surface area contributed by atoms with Crippen molar-refractivity contribution in [2.75, 3.05) is 0 Å². The fourth-order valence-corrected chi connectivity index (χ4v) is 1.95. The summed E-state index contributed by atoms with van der Waals surface area (Å²) in [7, 11) is 0. The van der Waals surface area contributed by atoms with Crippen molar-refractivity contribution < 1.29 is 5.02 Å². The molecule has 2 aromatic carbocycles. The van der Waals surface area contributed by atoms with E-state index in [1.165, 1.54) is 0 Å². The Hall–Kier alpha value is -1.25. The number of benzene rings is 2. The highest BCUT2D eigenvalue weighted by atomic mass is 35.5. The van der Waals surface area contributed by atoms with E-state index in [4.69, 9.17) is 11.6 Å². The van der Waals surface area contributed by atoms with Crippen LogP contribution in [0.1, 0.15) is 5.56 Å². The molecule has 0 saturated heterocycles. The molecule has 0 spiro atoms. The molecule has 0 fully saturated rings. The van der Waals surface area contributed by atoms with Gasteiger partial charge in [-0.15, -0.1) is 0 Å². The zero-order valence-electron chi connectivity index (χ0n) is 9.02. The third kappa shape index (κ3) is 2.29. The third-order valence-electron chi connectivity index (χ3n) is 2.65. The van der Waals surface area contributed by atoms with Crippen molar-refractivity contribution in [2.24, 2.45) is 0 Å². The number of hydrogen-bond donors (Lipinski definition) is 1. The summed E-state index contributed by atoms with van der Waals surface area (Å²) < 4.78 is 0. The van der Waals surface area contributed by atoms with Crippen molar-refractivity contribution in [1.29, 1.82) is 0 Å². The standard InChI is InChI=1S/C13H12BClO/c1-10-5-2-3-8-13(10)14(16)11-6-4-7-12(15)9-11/h2-9,16H,1H3. The largest absolute Gasteiger partial charge is 0.443 e. The van der Waals surface area contributed by atoms with Crippen LogP contribution < -0.4 is 10.9 Å². The van der Waals surface area contributed by atoms with Gasteiger partial charge in [0.05, 0.1) is 0 Å². The summed E-state index contributed by atoms with van der Waals surface area (Å²) in [6.45, 7) is 1.38. The number of hydrogen-bond acceptors (Lipinski definition) is 1. The van der Waals surface area contributed by atoms with Gasteiger partial charge in [-0.2, -0.15) is 0 Å². The molecule has 0 saturated carbocycles. The van der Waals surface area contributed by atoms with Gasteiger partial charge in [-0.1, -0.05) is 53.6 Å². The SMILES string of the molecule is Cc1ccccc1B(O)c1cccc(Cl)c1. The fraction of sp³-hybridized carbons (Fsp3) is 0.0769. The zero-order valence-corrected chi connectivity index (χ0v) is 9.78. The van der Waals surface area contributed by atoms with E-state index in [1.54, 1.807) is 12.1 Å². The van der Waals surface area contributed by atoms with Gasteiger partial charge in [-0.25, -0.2) is 0 Å². The van der Waals surface area contributed by atoms with Crippen LogP contribution in [0.4, 0.5) is 0 Å². The molecule has 0 aliphatic carbocycles. The molecule has 0 radical (unpaired) electrons. The first kappa shape index (κ1) is 11.2. The van der Waals surface area contributed by atoms with Gasteiger partial charge in [0.25, 0.3) is 0 Å². The second-order valence-corrected chi connectivity index (χ2v) is 4.25. The van der Waals surface area contributed by atoms with Crippen LogP contribution in [0.3, 0.4) is 0 Å². The van der Waals surface area contributed by atoms with Gasteiger partial charge >= 0.3 is 6.92 Å². The van der Waals surface area contributed by atoms with Crippen molar-refractivity contribution in [1.82, 2.24) is 0 Å². The minimum atomic E-state index is -0.611. The summed E-state index contributed by atoms with van der Waals surface area (Å²) >= 11 is 5.91. The first-order valence-electron chi connectivity index (χ1n) is 5.17. The highest BCUT2D eigenvalue weighted by Gasteiger charge is 2.18. The summed E-state index contributed by atoms with van der Waals surface area (Å²) in [5.74, 6) is 0. The van der Waals surface area contributed by atoms with Crippen LogP contribution in [-0.4, -0.2) is 11.9 Å². The lowest BCUT2D eigenvalue weighted by Gasteiger charge is -2.10. The van der Waals surface area contributed by atoms with Gasteiger partial charge in [0.2, 0.25) is 0 Å². The van der Waals surface area contributed by atoms with Crippen LogP contribution in [0.5, 0.6) is 0 Å². The Morgan fingerprint density at radius 3 is 2.50 bits per heavy atom. The Kier molecular flexibility index (Phi) is 3.32. The van der Waals surface area contributed by atoms with Crippen LogP contribution >= 0.6 is 11.6 Å². The van der Waals surface area contributed by atoms with Gasteiger partial charge in [-0.05, 0) is 30.0 Å². The Balaban J connectivity index is 2.39. The van der Waals surface area contributed by atoms with Crippen LogP contribution in [0.25, 0.3) is 0 Å². The summed E-state index contributed by atoms with van der Waals surface area (Å²) in [4.78, 5) is 0. The van der Waals surface area contributed by atoms with Crippen molar-refractivity contribution >= 4 is 29.4 Å². The van der Waals surface area contributed by atoms with Gasteiger partial charge in [0.1, 0.15) is 0 Å². The van der Waals surface area contributed by atoms with E-state index in [2.05, 4.69) is 0 Å². The highest BCUT2D eigenvalue weighted by Crippen LogP contribution is 2.05. The lowest BCUT2D eigenvalue weighted by Crippen LogP contribution is -2.43. The van der Waals surface area contributed by atoms with Gasteiger partial charge in [-0.3, -0.25) is 0 Å². The molecule has 0 bridgehead atoms. The van der Waals surface area contributed by atoms with Crippen molar-refractivity contribution in [3.63, 3.8) is 0 Å². The summed E-state index contributed by atoms with van der Waals surface area (Å²) in [5.41, 5.74) is 2.82. The van der Waals surface area contributed by atoms with E-state index < -0.39 is 6.92 Å². The predicted molar refractivity (Wildman–Crippen MR) is 69.9 cm³/mol. The molecule has 0 atom stereocenters. The van der Waals surface area contributed by atoms with Crippen molar-refractivity contribution in [3.05, 3.63) is 59.1 Å². The molecule has 0 heterocycles. The first-order valence-corrected chi connectivity index (χ1v) is 5.55. The molecule has 0 aliphatic rings. The molecule has 2 aromatic rings. The molecule has 0 unspecified atom stereocenters. The van der Waals surface area contributed by atoms with Crippen LogP contribution in [0, 0.1) is 6.92 Å². The second kappa shape index (κ2) is 4.73. The normalized spacial score (nSPS) is 10.2. The molecule has 3 heteroatoms. The monoisotopic (exact) mass is 230 g/mol. The van der Waals surface area contributed by atoms with Crippen LogP contribution in [-0.2, 0) is 0 Å². The molecule has 16 heavy (non-hydrogen) atoms. The van der Waals surface area contributed by atoms with E-state index in [-0.39, 0.29) is 0 Å². The molecular weight excluding hydrogens is 218 g/mol. The highest BCUT2D eigenvalue weighted by molar-refractivity contribution is 6.79. The van der Waals surface area contributed by atoms with E-state index in [0.29, 0.717) is 5.02 Å². The van der Waals surface area contributed by atoms with Crippen molar-refractivity contribution in [3.8, 4) is 0 Å². The average molecular weight is 231 g/mol.